The predicted octanol–water partition coefficient (Wildman–Crippen LogP) is 4.63. The van der Waals surface area contributed by atoms with E-state index in [1.165, 1.54) is 0 Å². The van der Waals surface area contributed by atoms with Gasteiger partial charge in [-0.05, 0) is 31.4 Å². The van der Waals surface area contributed by atoms with Crippen LogP contribution in [0.25, 0.3) is 11.3 Å². The number of ether oxygens (including phenoxy) is 2. The van der Waals surface area contributed by atoms with Crippen molar-refractivity contribution in [2.24, 2.45) is 0 Å². The van der Waals surface area contributed by atoms with E-state index in [4.69, 9.17) is 14.0 Å². The largest absolute Gasteiger partial charge is 0.496 e. The normalized spacial score (nSPS) is 13.3. The highest BCUT2D eigenvalue weighted by atomic mass is 16.5. The Bertz CT molecular complexity index is 1040. The number of rotatable bonds is 10. The van der Waals surface area contributed by atoms with Gasteiger partial charge in [0.05, 0.1) is 24.8 Å². The van der Waals surface area contributed by atoms with Crippen molar-refractivity contribution in [1.82, 2.24) is 10.1 Å². The van der Waals surface area contributed by atoms with Gasteiger partial charge < -0.3 is 23.8 Å². The topological polar surface area (TPSA) is 68.0 Å². The zero-order valence-electron chi connectivity index (χ0n) is 19.3. The number of para-hydroxylation sites is 1. The van der Waals surface area contributed by atoms with Crippen LogP contribution in [0.1, 0.15) is 35.2 Å². The zero-order chi connectivity index (χ0) is 23.0. The van der Waals surface area contributed by atoms with Crippen molar-refractivity contribution in [2.45, 2.75) is 25.8 Å². The van der Waals surface area contributed by atoms with E-state index >= 15 is 0 Å². The number of aromatic nitrogens is 1. The number of hydrogen-bond acceptors (Lipinski definition) is 6. The van der Waals surface area contributed by atoms with Gasteiger partial charge in [0.25, 0.3) is 5.91 Å². The van der Waals surface area contributed by atoms with Gasteiger partial charge in [-0.2, -0.15) is 0 Å². The Labute approximate surface area is 194 Å². The van der Waals surface area contributed by atoms with E-state index < -0.39 is 0 Å². The van der Waals surface area contributed by atoms with Crippen molar-refractivity contribution >= 4 is 11.8 Å². The summed E-state index contributed by atoms with van der Waals surface area (Å²) in [5.74, 6) is 1.24. The van der Waals surface area contributed by atoms with Crippen LogP contribution in [0.15, 0.2) is 59.1 Å². The van der Waals surface area contributed by atoms with Crippen LogP contribution >= 0.6 is 0 Å². The van der Waals surface area contributed by atoms with Gasteiger partial charge in [-0.15, -0.1) is 0 Å². The van der Waals surface area contributed by atoms with E-state index in [0.717, 1.165) is 55.1 Å². The van der Waals surface area contributed by atoms with Gasteiger partial charge in [-0.25, -0.2) is 0 Å². The fourth-order valence-electron chi connectivity index (χ4n) is 4.27. The number of benzene rings is 2. The molecule has 3 aromatic rings. The third-order valence-corrected chi connectivity index (χ3v) is 5.96. The third-order valence-electron chi connectivity index (χ3n) is 5.96. The first-order chi connectivity index (χ1) is 16.2. The molecule has 1 aromatic heterocycles. The first kappa shape index (κ1) is 22.9. The van der Waals surface area contributed by atoms with Gasteiger partial charge in [0, 0.05) is 38.9 Å². The lowest BCUT2D eigenvalue weighted by Gasteiger charge is -2.25. The van der Waals surface area contributed by atoms with Crippen LogP contribution in [-0.4, -0.2) is 56.4 Å². The van der Waals surface area contributed by atoms with Crippen molar-refractivity contribution < 1.29 is 18.8 Å². The van der Waals surface area contributed by atoms with Gasteiger partial charge >= 0.3 is 0 Å². The summed E-state index contributed by atoms with van der Waals surface area (Å²) in [7, 11) is 3.26. The number of methoxy groups -OCH3 is 2. The highest BCUT2D eigenvalue weighted by Crippen LogP contribution is 2.34. The van der Waals surface area contributed by atoms with Crippen LogP contribution in [0, 0.1) is 0 Å². The van der Waals surface area contributed by atoms with E-state index in [2.05, 4.69) is 10.1 Å². The molecular weight excluding hydrogens is 418 g/mol. The number of anilines is 1. The Hall–Kier alpha value is -3.32. The molecule has 0 spiro atoms. The Morgan fingerprint density at radius 2 is 1.79 bits per heavy atom. The van der Waals surface area contributed by atoms with Crippen molar-refractivity contribution in [1.29, 1.82) is 0 Å². The van der Waals surface area contributed by atoms with Gasteiger partial charge in [0.15, 0.2) is 0 Å². The number of carbonyl (C=O) groups excluding carboxylic acids is 1. The molecule has 1 saturated heterocycles. The maximum Gasteiger partial charge on any atom is 0.257 e. The van der Waals surface area contributed by atoms with E-state index in [9.17, 15) is 4.79 Å². The second-order valence-electron chi connectivity index (χ2n) is 8.15. The molecule has 0 unspecified atom stereocenters. The molecule has 7 heteroatoms. The molecule has 1 amide bonds. The maximum atomic E-state index is 13.7. The van der Waals surface area contributed by atoms with Crippen molar-refractivity contribution in [2.75, 3.05) is 45.4 Å². The molecule has 174 valence electrons. The first-order valence-electron chi connectivity index (χ1n) is 11.4. The minimum atomic E-state index is -0.0869. The number of amides is 1. The van der Waals surface area contributed by atoms with Crippen molar-refractivity contribution in [3.8, 4) is 17.0 Å². The monoisotopic (exact) mass is 449 g/mol. The molecule has 0 N–H and O–H groups in total. The SMILES string of the molecule is COCCCN(Cc1c(-c2ccccc2)noc1N1CCCC1)C(=O)c1ccccc1OC. The average Bonchev–Trinajstić information content (AvgIpc) is 3.53. The van der Waals surface area contributed by atoms with Crippen LogP contribution < -0.4 is 9.64 Å². The molecule has 0 atom stereocenters. The summed E-state index contributed by atoms with van der Waals surface area (Å²) >= 11 is 0. The Kier molecular flexibility index (Phi) is 7.62. The van der Waals surface area contributed by atoms with E-state index in [0.29, 0.717) is 31.0 Å². The molecule has 0 aliphatic carbocycles. The fourth-order valence-corrected chi connectivity index (χ4v) is 4.27. The molecule has 2 heterocycles. The highest BCUT2D eigenvalue weighted by molar-refractivity contribution is 5.97. The van der Waals surface area contributed by atoms with Crippen molar-refractivity contribution in [3.63, 3.8) is 0 Å². The summed E-state index contributed by atoms with van der Waals surface area (Å²) in [6.07, 6.45) is 2.97. The Morgan fingerprint density at radius 1 is 1.06 bits per heavy atom. The summed E-state index contributed by atoms with van der Waals surface area (Å²) in [6, 6.07) is 17.3. The highest BCUT2D eigenvalue weighted by Gasteiger charge is 2.28. The number of nitrogens with zero attached hydrogens (tertiary/aromatic N) is 3. The summed E-state index contributed by atoms with van der Waals surface area (Å²) in [5, 5.41) is 4.44. The molecule has 0 bridgehead atoms. The molecule has 33 heavy (non-hydrogen) atoms. The molecule has 2 aromatic carbocycles. The van der Waals surface area contributed by atoms with E-state index in [1.807, 2.05) is 53.4 Å². The van der Waals surface area contributed by atoms with Crippen LogP contribution in [0.4, 0.5) is 5.88 Å². The summed E-state index contributed by atoms with van der Waals surface area (Å²) in [6.45, 7) is 3.37. The summed E-state index contributed by atoms with van der Waals surface area (Å²) in [5.41, 5.74) is 3.23. The lowest BCUT2D eigenvalue weighted by Crippen LogP contribution is -2.33. The van der Waals surface area contributed by atoms with Gasteiger partial charge in [-0.1, -0.05) is 47.6 Å². The van der Waals surface area contributed by atoms with Crippen LogP contribution in [-0.2, 0) is 11.3 Å². The summed E-state index contributed by atoms with van der Waals surface area (Å²) < 4.78 is 16.6. The summed E-state index contributed by atoms with van der Waals surface area (Å²) in [4.78, 5) is 17.7. The predicted molar refractivity (Wildman–Crippen MR) is 128 cm³/mol. The molecule has 4 rings (SSSR count). The first-order valence-corrected chi connectivity index (χ1v) is 11.4. The minimum Gasteiger partial charge on any atom is -0.496 e. The molecule has 1 fully saturated rings. The molecule has 0 radical (unpaired) electrons. The van der Waals surface area contributed by atoms with Gasteiger partial charge in [0.1, 0.15) is 11.4 Å². The second kappa shape index (κ2) is 11.0. The quantitative estimate of drug-likeness (QED) is 0.421. The van der Waals surface area contributed by atoms with Crippen LogP contribution in [0.3, 0.4) is 0 Å². The lowest BCUT2D eigenvalue weighted by molar-refractivity contribution is 0.0720. The van der Waals surface area contributed by atoms with Gasteiger partial charge in [-0.3, -0.25) is 4.79 Å². The van der Waals surface area contributed by atoms with Crippen LogP contribution in [0.2, 0.25) is 0 Å². The molecule has 7 nitrogen and oxygen atoms in total. The van der Waals surface area contributed by atoms with Crippen molar-refractivity contribution in [3.05, 3.63) is 65.7 Å². The zero-order valence-corrected chi connectivity index (χ0v) is 19.3. The number of hydrogen-bond donors (Lipinski definition) is 0. The number of carbonyl (C=O) groups is 1. The molecule has 1 aliphatic heterocycles. The fraction of sp³-hybridized carbons (Fsp3) is 0.385. The molecular formula is C26H31N3O4. The Balaban J connectivity index is 1.71. The van der Waals surface area contributed by atoms with Crippen LogP contribution in [0.5, 0.6) is 5.75 Å². The average molecular weight is 450 g/mol. The van der Waals surface area contributed by atoms with E-state index in [-0.39, 0.29) is 5.91 Å². The molecule has 0 saturated carbocycles. The second-order valence-corrected chi connectivity index (χ2v) is 8.15. The standard InChI is InChI=1S/C26H31N3O4/c1-31-18-10-17-29(25(30)21-13-6-7-14-23(21)32-2)19-22-24(20-11-4-3-5-12-20)27-33-26(22)28-15-8-9-16-28/h3-7,11-14H,8-10,15-19H2,1-2H3. The van der Waals surface area contributed by atoms with Gasteiger partial charge in [0.2, 0.25) is 5.88 Å². The lowest BCUT2D eigenvalue weighted by atomic mass is 10.1. The smallest absolute Gasteiger partial charge is 0.257 e. The minimum absolute atomic E-state index is 0.0869. The van der Waals surface area contributed by atoms with E-state index in [1.54, 1.807) is 20.3 Å². The maximum absolute atomic E-state index is 13.7. The molecule has 1 aliphatic rings. The Morgan fingerprint density at radius 3 is 2.52 bits per heavy atom. The third kappa shape index (κ3) is 5.20.